The van der Waals surface area contributed by atoms with E-state index >= 15 is 0 Å². The van der Waals surface area contributed by atoms with Crippen LogP contribution >= 0.6 is 0 Å². The van der Waals surface area contributed by atoms with Gasteiger partial charge in [-0.3, -0.25) is 0 Å². The highest BCUT2D eigenvalue weighted by Gasteiger charge is 2.37. The van der Waals surface area contributed by atoms with E-state index in [0.29, 0.717) is 6.42 Å². The van der Waals surface area contributed by atoms with Gasteiger partial charge in [0.25, 0.3) is 0 Å². The molecule has 0 aromatic heterocycles. The lowest BCUT2D eigenvalue weighted by Gasteiger charge is -2.27. The summed E-state index contributed by atoms with van der Waals surface area (Å²) in [7, 11) is -3.06. The second-order valence-electron chi connectivity index (χ2n) is 5.24. The van der Waals surface area contributed by atoms with Gasteiger partial charge in [0.1, 0.15) is 0 Å². The maximum Gasteiger partial charge on any atom is 0.214 e. The van der Waals surface area contributed by atoms with Gasteiger partial charge in [-0.15, -0.1) is 0 Å². The molecule has 0 aromatic rings. The molecule has 1 rings (SSSR count). The first-order chi connectivity index (χ1) is 8.53. The quantitative estimate of drug-likeness (QED) is 0.690. The van der Waals surface area contributed by atoms with E-state index in [1.165, 1.54) is 0 Å². The average Bonchev–Trinajstić information content (AvgIpc) is 2.71. The van der Waals surface area contributed by atoms with Crippen LogP contribution in [0.15, 0.2) is 0 Å². The third kappa shape index (κ3) is 4.21. The van der Waals surface area contributed by atoms with Crippen molar-refractivity contribution < 1.29 is 8.42 Å². The zero-order valence-corrected chi connectivity index (χ0v) is 12.8. The highest BCUT2D eigenvalue weighted by atomic mass is 32.2. The van der Waals surface area contributed by atoms with Crippen LogP contribution in [0.3, 0.4) is 0 Å². The second-order valence-corrected chi connectivity index (χ2v) is 7.23. The SMILES string of the molecule is CCCNCCCS(=O)(=O)N1C(C)CCC1CC. The highest BCUT2D eigenvalue weighted by molar-refractivity contribution is 7.89. The molecule has 0 radical (unpaired) electrons. The van der Waals surface area contributed by atoms with Crippen LogP contribution in [0, 0.1) is 0 Å². The molecular weight excluding hydrogens is 248 g/mol. The fraction of sp³-hybridized carbons (Fsp3) is 1.00. The molecule has 0 aliphatic carbocycles. The van der Waals surface area contributed by atoms with E-state index in [0.717, 1.165) is 38.8 Å². The molecular formula is C13H28N2O2S. The van der Waals surface area contributed by atoms with Crippen molar-refractivity contribution in [1.29, 1.82) is 0 Å². The maximum absolute atomic E-state index is 12.3. The Morgan fingerprint density at radius 3 is 2.56 bits per heavy atom. The predicted molar refractivity (Wildman–Crippen MR) is 76.2 cm³/mol. The van der Waals surface area contributed by atoms with Crippen molar-refractivity contribution in [2.24, 2.45) is 0 Å². The van der Waals surface area contributed by atoms with Crippen molar-refractivity contribution >= 4 is 10.0 Å². The van der Waals surface area contributed by atoms with Crippen LogP contribution in [0.5, 0.6) is 0 Å². The van der Waals surface area contributed by atoms with Gasteiger partial charge in [0, 0.05) is 12.1 Å². The Kier molecular flexibility index (Phi) is 6.60. The van der Waals surface area contributed by atoms with Gasteiger partial charge in [-0.1, -0.05) is 13.8 Å². The molecule has 5 heteroatoms. The standard InChI is InChI=1S/C13H28N2O2S/c1-4-9-14-10-6-11-18(16,17)15-12(3)7-8-13(15)5-2/h12-14H,4-11H2,1-3H3. The molecule has 1 N–H and O–H groups in total. The van der Waals surface area contributed by atoms with Crippen LogP contribution in [0.4, 0.5) is 0 Å². The van der Waals surface area contributed by atoms with Gasteiger partial charge >= 0.3 is 0 Å². The molecule has 1 aliphatic rings. The lowest BCUT2D eigenvalue weighted by molar-refractivity contribution is 0.328. The molecule has 0 saturated carbocycles. The predicted octanol–water partition coefficient (Wildman–Crippen LogP) is 1.97. The Balaban J connectivity index is 2.46. The first-order valence-corrected chi connectivity index (χ1v) is 8.85. The van der Waals surface area contributed by atoms with E-state index in [4.69, 9.17) is 0 Å². The van der Waals surface area contributed by atoms with E-state index in [1.54, 1.807) is 4.31 Å². The van der Waals surface area contributed by atoms with Gasteiger partial charge in [-0.25, -0.2) is 8.42 Å². The van der Waals surface area contributed by atoms with E-state index < -0.39 is 10.0 Å². The largest absolute Gasteiger partial charge is 0.317 e. The summed E-state index contributed by atoms with van der Waals surface area (Å²) in [5.41, 5.74) is 0. The lowest BCUT2D eigenvalue weighted by Crippen LogP contribution is -2.41. The molecule has 18 heavy (non-hydrogen) atoms. The van der Waals surface area contributed by atoms with Crippen LogP contribution in [-0.2, 0) is 10.0 Å². The highest BCUT2D eigenvalue weighted by Crippen LogP contribution is 2.29. The van der Waals surface area contributed by atoms with Gasteiger partial charge in [0.15, 0.2) is 0 Å². The fourth-order valence-electron chi connectivity index (χ4n) is 2.72. The summed E-state index contributed by atoms with van der Waals surface area (Å²) >= 11 is 0. The number of rotatable bonds is 8. The van der Waals surface area contributed by atoms with Gasteiger partial charge in [0.2, 0.25) is 10.0 Å². The zero-order chi connectivity index (χ0) is 13.6. The molecule has 1 heterocycles. The molecule has 1 saturated heterocycles. The molecule has 4 nitrogen and oxygen atoms in total. The smallest absolute Gasteiger partial charge is 0.214 e. The van der Waals surface area contributed by atoms with Crippen molar-refractivity contribution in [3.05, 3.63) is 0 Å². The van der Waals surface area contributed by atoms with Crippen LogP contribution in [-0.4, -0.2) is 43.6 Å². The normalized spacial score (nSPS) is 25.7. The third-order valence-electron chi connectivity index (χ3n) is 3.69. The summed E-state index contributed by atoms with van der Waals surface area (Å²) in [6.07, 6.45) is 4.75. The van der Waals surface area contributed by atoms with E-state index in [1.807, 2.05) is 6.92 Å². The maximum atomic E-state index is 12.3. The summed E-state index contributed by atoms with van der Waals surface area (Å²) < 4.78 is 26.5. The van der Waals surface area contributed by atoms with Crippen LogP contribution < -0.4 is 5.32 Å². The zero-order valence-electron chi connectivity index (χ0n) is 12.0. The molecule has 108 valence electrons. The number of hydrogen-bond donors (Lipinski definition) is 1. The summed E-state index contributed by atoms with van der Waals surface area (Å²) in [6.45, 7) is 7.99. The summed E-state index contributed by atoms with van der Waals surface area (Å²) in [4.78, 5) is 0. The van der Waals surface area contributed by atoms with Crippen molar-refractivity contribution in [1.82, 2.24) is 9.62 Å². The summed E-state index contributed by atoms with van der Waals surface area (Å²) in [5, 5.41) is 3.25. The molecule has 1 fully saturated rings. The molecule has 0 amide bonds. The molecule has 2 unspecified atom stereocenters. The van der Waals surface area contributed by atoms with Crippen molar-refractivity contribution in [2.75, 3.05) is 18.8 Å². The first-order valence-electron chi connectivity index (χ1n) is 7.24. The number of sulfonamides is 1. The van der Waals surface area contributed by atoms with Crippen LogP contribution in [0.2, 0.25) is 0 Å². The number of nitrogens with one attached hydrogen (secondary N) is 1. The van der Waals surface area contributed by atoms with Crippen LogP contribution in [0.25, 0.3) is 0 Å². The Labute approximate surface area is 112 Å². The molecule has 0 bridgehead atoms. The lowest BCUT2D eigenvalue weighted by atomic mass is 10.2. The third-order valence-corrected chi connectivity index (χ3v) is 5.79. The van der Waals surface area contributed by atoms with Gasteiger partial charge < -0.3 is 5.32 Å². The van der Waals surface area contributed by atoms with Crippen molar-refractivity contribution in [2.45, 2.75) is 65.0 Å². The Hall–Kier alpha value is -0.130. The average molecular weight is 276 g/mol. The van der Waals surface area contributed by atoms with Crippen LogP contribution in [0.1, 0.15) is 52.9 Å². The minimum absolute atomic E-state index is 0.184. The summed E-state index contributed by atoms with van der Waals surface area (Å²) in [5.74, 6) is 0.282. The van der Waals surface area contributed by atoms with E-state index in [2.05, 4.69) is 19.2 Å². The Morgan fingerprint density at radius 1 is 1.22 bits per heavy atom. The monoisotopic (exact) mass is 276 g/mol. The first kappa shape index (κ1) is 15.9. The van der Waals surface area contributed by atoms with Gasteiger partial charge in [-0.2, -0.15) is 4.31 Å². The molecule has 2 atom stereocenters. The van der Waals surface area contributed by atoms with Crippen molar-refractivity contribution in [3.8, 4) is 0 Å². The van der Waals surface area contributed by atoms with E-state index in [9.17, 15) is 8.42 Å². The number of hydrogen-bond acceptors (Lipinski definition) is 3. The minimum Gasteiger partial charge on any atom is -0.317 e. The Morgan fingerprint density at radius 2 is 1.94 bits per heavy atom. The topological polar surface area (TPSA) is 49.4 Å². The van der Waals surface area contributed by atoms with E-state index in [-0.39, 0.29) is 17.8 Å². The molecule has 1 aliphatic heterocycles. The second kappa shape index (κ2) is 7.46. The molecule has 0 aromatic carbocycles. The Bertz CT molecular complexity index is 330. The minimum atomic E-state index is -3.06. The van der Waals surface area contributed by atoms with Gasteiger partial charge in [-0.05, 0) is 52.1 Å². The fourth-order valence-corrected chi connectivity index (χ4v) is 4.80. The molecule has 0 spiro atoms. The number of nitrogens with zero attached hydrogens (tertiary/aromatic N) is 1. The van der Waals surface area contributed by atoms with Crippen molar-refractivity contribution in [3.63, 3.8) is 0 Å². The van der Waals surface area contributed by atoms with Gasteiger partial charge in [0.05, 0.1) is 5.75 Å². The summed E-state index contributed by atoms with van der Waals surface area (Å²) in [6, 6.07) is 0.414.